The van der Waals surface area contributed by atoms with E-state index in [-0.39, 0.29) is 10.6 Å². The zero-order chi connectivity index (χ0) is 18.1. The predicted octanol–water partition coefficient (Wildman–Crippen LogP) is 3.71. The molecule has 0 amide bonds. The van der Waals surface area contributed by atoms with Crippen LogP contribution in [0.15, 0.2) is 33.2 Å². The summed E-state index contributed by atoms with van der Waals surface area (Å²) in [6, 6.07) is 1.73. The number of aromatic amines is 1. The van der Waals surface area contributed by atoms with Gasteiger partial charge in [-0.1, -0.05) is 36.2 Å². The number of aromatic nitrogens is 3. The van der Waals surface area contributed by atoms with Crippen molar-refractivity contribution >= 4 is 35.0 Å². The van der Waals surface area contributed by atoms with Crippen LogP contribution < -0.4 is 16.2 Å². The molecule has 8 heteroatoms. The van der Waals surface area contributed by atoms with Crippen molar-refractivity contribution < 1.29 is 0 Å². The molecule has 2 aromatic rings. The SMILES string of the molecule is Nc1nc(N2CCC3(CCCC3)CC2)cnc1Sc1cc[nH]c(=O)c1Cl. The van der Waals surface area contributed by atoms with E-state index in [0.29, 0.717) is 21.2 Å². The quantitative estimate of drug-likeness (QED) is 0.829. The van der Waals surface area contributed by atoms with Crippen molar-refractivity contribution in [2.45, 2.75) is 48.4 Å². The number of hydrogen-bond acceptors (Lipinski definition) is 6. The van der Waals surface area contributed by atoms with E-state index < -0.39 is 0 Å². The normalized spacial score (nSPS) is 19.2. The predicted molar refractivity (Wildman–Crippen MR) is 105 cm³/mol. The highest BCUT2D eigenvalue weighted by Gasteiger charge is 2.37. The summed E-state index contributed by atoms with van der Waals surface area (Å²) in [6.45, 7) is 2.03. The summed E-state index contributed by atoms with van der Waals surface area (Å²) in [7, 11) is 0. The maximum atomic E-state index is 11.6. The molecule has 1 saturated carbocycles. The first kappa shape index (κ1) is 17.7. The number of piperidine rings is 1. The molecule has 26 heavy (non-hydrogen) atoms. The number of nitrogens with zero attached hydrogens (tertiary/aromatic N) is 3. The van der Waals surface area contributed by atoms with Crippen molar-refractivity contribution in [3.63, 3.8) is 0 Å². The number of nitrogens with two attached hydrogens (primary N) is 1. The van der Waals surface area contributed by atoms with E-state index >= 15 is 0 Å². The zero-order valence-electron chi connectivity index (χ0n) is 14.5. The highest BCUT2D eigenvalue weighted by Crippen LogP contribution is 2.46. The van der Waals surface area contributed by atoms with Crippen molar-refractivity contribution in [3.05, 3.63) is 33.8 Å². The summed E-state index contributed by atoms with van der Waals surface area (Å²) in [5.74, 6) is 1.20. The summed E-state index contributed by atoms with van der Waals surface area (Å²) in [5, 5.41) is 0.700. The lowest BCUT2D eigenvalue weighted by molar-refractivity contribution is 0.226. The number of H-pyrrole nitrogens is 1. The molecule has 4 rings (SSSR count). The monoisotopic (exact) mass is 391 g/mol. The van der Waals surface area contributed by atoms with Crippen LogP contribution >= 0.6 is 23.4 Å². The number of nitrogen functional groups attached to an aromatic ring is 1. The molecule has 0 aromatic carbocycles. The van der Waals surface area contributed by atoms with E-state index in [1.54, 1.807) is 18.5 Å². The van der Waals surface area contributed by atoms with Gasteiger partial charge in [-0.3, -0.25) is 4.79 Å². The molecular weight excluding hydrogens is 370 g/mol. The van der Waals surface area contributed by atoms with Crippen LogP contribution in [-0.4, -0.2) is 28.0 Å². The Hall–Kier alpha value is -1.73. The Balaban J connectivity index is 1.48. The highest BCUT2D eigenvalue weighted by molar-refractivity contribution is 7.99. The lowest BCUT2D eigenvalue weighted by atomic mass is 9.77. The van der Waals surface area contributed by atoms with Crippen LogP contribution in [0.3, 0.4) is 0 Å². The van der Waals surface area contributed by atoms with Crippen molar-refractivity contribution in [1.82, 2.24) is 15.0 Å². The number of pyridine rings is 1. The van der Waals surface area contributed by atoms with E-state index in [4.69, 9.17) is 17.3 Å². The maximum absolute atomic E-state index is 11.6. The number of anilines is 2. The molecular formula is C18H22ClN5OS. The Bertz CT molecular complexity index is 855. The van der Waals surface area contributed by atoms with Crippen molar-refractivity contribution in [2.24, 2.45) is 5.41 Å². The third-order valence-corrected chi connectivity index (χ3v) is 7.19. The number of halogens is 1. The lowest BCUT2D eigenvalue weighted by Crippen LogP contribution is -2.39. The van der Waals surface area contributed by atoms with Gasteiger partial charge in [-0.25, -0.2) is 9.97 Å². The fourth-order valence-corrected chi connectivity index (χ4v) is 5.09. The second-order valence-corrected chi connectivity index (χ2v) is 8.61. The third-order valence-electron chi connectivity index (χ3n) is 5.64. The molecule has 2 aromatic heterocycles. The van der Waals surface area contributed by atoms with Crippen LogP contribution in [0.2, 0.25) is 5.02 Å². The van der Waals surface area contributed by atoms with Gasteiger partial charge in [0.2, 0.25) is 0 Å². The molecule has 6 nitrogen and oxygen atoms in total. The topological polar surface area (TPSA) is 87.9 Å². The van der Waals surface area contributed by atoms with Crippen LogP contribution in [0.5, 0.6) is 0 Å². The lowest BCUT2D eigenvalue weighted by Gasteiger charge is -2.39. The van der Waals surface area contributed by atoms with E-state index in [1.807, 2.05) is 0 Å². The summed E-state index contributed by atoms with van der Waals surface area (Å²) in [5.41, 5.74) is 6.38. The molecule has 1 aliphatic carbocycles. The van der Waals surface area contributed by atoms with Gasteiger partial charge in [0, 0.05) is 24.2 Å². The van der Waals surface area contributed by atoms with Gasteiger partial charge >= 0.3 is 0 Å². The van der Waals surface area contributed by atoms with Crippen LogP contribution in [-0.2, 0) is 0 Å². The molecule has 0 atom stereocenters. The van der Waals surface area contributed by atoms with Gasteiger partial charge in [0.25, 0.3) is 5.56 Å². The van der Waals surface area contributed by atoms with Gasteiger partial charge in [-0.05, 0) is 37.2 Å². The molecule has 138 valence electrons. The minimum absolute atomic E-state index is 0.140. The van der Waals surface area contributed by atoms with Crippen molar-refractivity contribution in [2.75, 3.05) is 23.7 Å². The fraction of sp³-hybridized carbons (Fsp3) is 0.500. The van der Waals surface area contributed by atoms with Gasteiger partial charge in [0.05, 0.1) is 6.20 Å². The van der Waals surface area contributed by atoms with Gasteiger partial charge in [-0.15, -0.1) is 0 Å². The molecule has 2 fully saturated rings. The summed E-state index contributed by atoms with van der Waals surface area (Å²) in [6.07, 6.45) is 11.3. The van der Waals surface area contributed by atoms with Crippen molar-refractivity contribution in [1.29, 1.82) is 0 Å². The van der Waals surface area contributed by atoms with Gasteiger partial charge in [0.1, 0.15) is 15.9 Å². The Morgan fingerprint density at radius 2 is 1.96 bits per heavy atom. The molecule has 3 heterocycles. The number of nitrogens with one attached hydrogen (secondary N) is 1. The van der Waals surface area contributed by atoms with Crippen LogP contribution in [0.1, 0.15) is 38.5 Å². The molecule has 1 spiro atoms. The zero-order valence-corrected chi connectivity index (χ0v) is 16.1. The smallest absolute Gasteiger partial charge is 0.267 e. The minimum atomic E-state index is -0.325. The first-order chi connectivity index (χ1) is 12.6. The molecule has 0 radical (unpaired) electrons. The molecule has 2 aliphatic rings. The van der Waals surface area contributed by atoms with E-state index in [0.717, 1.165) is 18.9 Å². The maximum Gasteiger partial charge on any atom is 0.267 e. The molecule has 0 bridgehead atoms. The molecule has 0 unspecified atom stereocenters. The molecule has 3 N–H and O–H groups in total. The largest absolute Gasteiger partial charge is 0.381 e. The Kier molecular flexibility index (Phi) is 4.84. The Morgan fingerprint density at radius 1 is 1.23 bits per heavy atom. The number of hydrogen-bond donors (Lipinski definition) is 2. The second-order valence-electron chi connectivity index (χ2n) is 7.20. The van der Waals surface area contributed by atoms with Gasteiger partial charge < -0.3 is 15.6 Å². The average Bonchev–Trinajstić information content (AvgIpc) is 3.09. The highest BCUT2D eigenvalue weighted by atomic mass is 35.5. The Morgan fingerprint density at radius 3 is 2.65 bits per heavy atom. The fourth-order valence-electron chi connectivity index (χ4n) is 4.07. The van der Waals surface area contributed by atoms with E-state index in [2.05, 4.69) is 19.9 Å². The summed E-state index contributed by atoms with van der Waals surface area (Å²) in [4.78, 5) is 26.1. The molecule has 1 saturated heterocycles. The number of rotatable bonds is 3. The van der Waals surface area contributed by atoms with E-state index in [9.17, 15) is 4.79 Å². The van der Waals surface area contributed by atoms with Crippen molar-refractivity contribution in [3.8, 4) is 0 Å². The molecule has 1 aliphatic heterocycles. The van der Waals surface area contributed by atoms with Gasteiger partial charge in [0.15, 0.2) is 5.82 Å². The van der Waals surface area contributed by atoms with Crippen LogP contribution in [0.4, 0.5) is 11.6 Å². The van der Waals surface area contributed by atoms with Gasteiger partial charge in [-0.2, -0.15) is 0 Å². The second kappa shape index (κ2) is 7.12. The standard InChI is InChI=1S/C18H22ClN5OS/c19-14-12(3-8-21-16(14)25)26-17-15(20)23-13(11-22-17)24-9-6-18(7-10-24)4-1-2-5-18/h3,8,11H,1-2,4-7,9-10H2,(H2,20,23)(H,21,25). The van der Waals surface area contributed by atoms with Crippen LogP contribution in [0.25, 0.3) is 0 Å². The average molecular weight is 392 g/mol. The summed E-state index contributed by atoms with van der Waals surface area (Å²) < 4.78 is 0. The van der Waals surface area contributed by atoms with Crippen LogP contribution in [0, 0.1) is 5.41 Å². The third kappa shape index (κ3) is 3.42. The van der Waals surface area contributed by atoms with E-state index in [1.165, 1.54) is 50.3 Å². The Labute approximate surface area is 161 Å². The minimum Gasteiger partial charge on any atom is -0.381 e. The summed E-state index contributed by atoms with van der Waals surface area (Å²) >= 11 is 7.30. The first-order valence-electron chi connectivity index (χ1n) is 8.99. The first-order valence-corrected chi connectivity index (χ1v) is 10.2.